The third kappa shape index (κ3) is 4.83. The van der Waals surface area contributed by atoms with E-state index in [2.05, 4.69) is 0 Å². The summed E-state index contributed by atoms with van der Waals surface area (Å²) in [6.07, 6.45) is 3.60. The Morgan fingerprint density at radius 1 is 1.33 bits per heavy atom. The van der Waals surface area contributed by atoms with E-state index in [-0.39, 0.29) is 5.78 Å². The molecule has 12 heavy (non-hydrogen) atoms. The molecule has 0 amide bonds. The van der Waals surface area contributed by atoms with Gasteiger partial charge in [0.2, 0.25) is 0 Å². The molecule has 0 aromatic heterocycles. The molecule has 0 atom stereocenters. The minimum atomic E-state index is 0.174. The average Bonchev–Trinajstić information content (AvgIpc) is 1.96. The summed E-state index contributed by atoms with van der Waals surface area (Å²) >= 11 is 0. The van der Waals surface area contributed by atoms with Crippen LogP contribution in [0, 0.1) is 5.92 Å². The first-order valence-corrected chi connectivity index (χ1v) is 4.21. The molecule has 0 spiro atoms. The average molecular weight is 168 g/mol. The maximum absolute atomic E-state index is 10.7. The second-order valence-electron chi connectivity index (χ2n) is 3.23. The van der Waals surface area contributed by atoms with E-state index in [1.165, 1.54) is 0 Å². The number of hydrogen-bond donors (Lipinski definition) is 0. The number of rotatable bonds is 5. The van der Waals surface area contributed by atoms with Crippen molar-refractivity contribution in [1.82, 2.24) is 0 Å². The molecule has 0 N–H and O–H groups in total. The van der Waals surface area contributed by atoms with Crippen molar-refractivity contribution >= 4 is 12.1 Å². The number of carbonyl (C=O) groups excluding carboxylic acids is 2. The highest BCUT2D eigenvalue weighted by molar-refractivity contribution is 5.76. The molecule has 0 aromatic rings. The summed E-state index contributed by atoms with van der Waals surface area (Å²) in [7, 11) is 0. The van der Waals surface area contributed by atoms with Crippen LogP contribution >= 0.6 is 0 Å². The van der Waals surface area contributed by atoms with Gasteiger partial charge in [0.05, 0.1) is 0 Å². The van der Waals surface area contributed by atoms with Crippen molar-refractivity contribution < 1.29 is 9.59 Å². The van der Waals surface area contributed by atoms with Crippen LogP contribution in [0.3, 0.4) is 0 Å². The van der Waals surface area contributed by atoms with Gasteiger partial charge in [0.25, 0.3) is 0 Å². The first-order chi connectivity index (χ1) is 5.57. The SMILES string of the molecule is CC(=O)CCC(=CC=O)C(C)C. The highest BCUT2D eigenvalue weighted by Crippen LogP contribution is 2.14. The first-order valence-electron chi connectivity index (χ1n) is 4.21. The van der Waals surface area contributed by atoms with Crippen molar-refractivity contribution in [1.29, 1.82) is 0 Å². The Morgan fingerprint density at radius 3 is 2.25 bits per heavy atom. The fourth-order valence-electron chi connectivity index (χ4n) is 0.972. The van der Waals surface area contributed by atoms with E-state index in [1.54, 1.807) is 13.0 Å². The summed E-state index contributed by atoms with van der Waals surface area (Å²) < 4.78 is 0. The van der Waals surface area contributed by atoms with Gasteiger partial charge in [-0.3, -0.25) is 4.79 Å². The van der Waals surface area contributed by atoms with Gasteiger partial charge in [-0.25, -0.2) is 0 Å². The first kappa shape index (κ1) is 11.1. The Bertz CT molecular complexity index is 190. The molecular formula is C10H16O2. The normalized spacial score (nSPS) is 11.8. The number of ketones is 1. The van der Waals surface area contributed by atoms with Gasteiger partial charge in [-0.2, -0.15) is 0 Å². The van der Waals surface area contributed by atoms with Gasteiger partial charge in [-0.15, -0.1) is 0 Å². The van der Waals surface area contributed by atoms with Gasteiger partial charge >= 0.3 is 0 Å². The Hall–Kier alpha value is -0.920. The van der Waals surface area contributed by atoms with Crippen LogP contribution in [-0.2, 0) is 9.59 Å². The zero-order chi connectivity index (χ0) is 9.56. The topological polar surface area (TPSA) is 34.1 Å². The summed E-state index contributed by atoms with van der Waals surface area (Å²) in [5.74, 6) is 0.530. The third-order valence-corrected chi connectivity index (χ3v) is 1.79. The van der Waals surface area contributed by atoms with Crippen LogP contribution in [0.15, 0.2) is 11.6 Å². The number of Topliss-reactive ketones (excluding diaryl/α,β-unsaturated/α-hetero) is 1. The lowest BCUT2D eigenvalue weighted by Gasteiger charge is -2.08. The molecular weight excluding hydrogens is 152 g/mol. The van der Waals surface area contributed by atoms with Crippen molar-refractivity contribution in [2.45, 2.75) is 33.6 Å². The van der Waals surface area contributed by atoms with Crippen LogP contribution in [0.1, 0.15) is 33.6 Å². The molecule has 2 heteroatoms. The molecule has 0 aliphatic heterocycles. The van der Waals surface area contributed by atoms with Gasteiger partial charge in [-0.1, -0.05) is 19.4 Å². The van der Waals surface area contributed by atoms with E-state index in [0.717, 1.165) is 11.9 Å². The zero-order valence-electron chi connectivity index (χ0n) is 7.96. The number of carbonyl (C=O) groups is 2. The smallest absolute Gasteiger partial charge is 0.142 e. The van der Waals surface area contributed by atoms with Crippen LogP contribution in [0.25, 0.3) is 0 Å². The van der Waals surface area contributed by atoms with E-state index in [4.69, 9.17) is 0 Å². The molecule has 0 rings (SSSR count). The second kappa shape index (κ2) is 5.70. The predicted molar refractivity (Wildman–Crippen MR) is 48.9 cm³/mol. The van der Waals surface area contributed by atoms with E-state index in [0.29, 0.717) is 18.8 Å². The largest absolute Gasteiger partial charge is 0.300 e. The number of allylic oxidation sites excluding steroid dienone is 2. The van der Waals surface area contributed by atoms with Crippen LogP contribution in [0.5, 0.6) is 0 Å². The lowest BCUT2D eigenvalue weighted by atomic mass is 9.97. The van der Waals surface area contributed by atoms with Crippen LogP contribution in [0.4, 0.5) is 0 Å². The molecule has 0 heterocycles. The quantitative estimate of drug-likeness (QED) is 0.465. The summed E-state index contributed by atoms with van der Waals surface area (Å²) in [6, 6.07) is 0. The molecule has 0 unspecified atom stereocenters. The molecule has 68 valence electrons. The fourth-order valence-corrected chi connectivity index (χ4v) is 0.972. The Kier molecular flexibility index (Phi) is 5.26. The number of aldehydes is 1. The lowest BCUT2D eigenvalue weighted by molar-refractivity contribution is -0.117. The van der Waals surface area contributed by atoms with Crippen molar-refractivity contribution in [3.63, 3.8) is 0 Å². The molecule has 0 fully saturated rings. The molecule has 0 aliphatic carbocycles. The number of hydrogen-bond acceptors (Lipinski definition) is 2. The summed E-state index contributed by atoms with van der Waals surface area (Å²) in [5, 5.41) is 0. The van der Waals surface area contributed by atoms with Crippen molar-refractivity contribution in [2.75, 3.05) is 0 Å². The Balaban J connectivity index is 4.05. The highest BCUT2D eigenvalue weighted by Gasteiger charge is 2.03. The monoisotopic (exact) mass is 168 g/mol. The minimum absolute atomic E-state index is 0.174. The van der Waals surface area contributed by atoms with Gasteiger partial charge in [-0.05, 0) is 25.3 Å². The van der Waals surface area contributed by atoms with Crippen molar-refractivity contribution in [3.05, 3.63) is 11.6 Å². The van der Waals surface area contributed by atoms with E-state index < -0.39 is 0 Å². The van der Waals surface area contributed by atoms with Gasteiger partial charge in [0.15, 0.2) is 0 Å². The molecule has 0 radical (unpaired) electrons. The molecule has 0 aromatic carbocycles. The standard InChI is InChI=1S/C10H16O2/c1-8(2)10(6-7-11)5-4-9(3)12/h6-8H,4-5H2,1-3H3. The lowest BCUT2D eigenvalue weighted by Crippen LogP contribution is -1.98. The third-order valence-electron chi connectivity index (χ3n) is 1.79. The zero-order valence-corrected chi connectivity index (χ0v) is 7.96. The predicted octanol–water partition coefficient (Wildman–Crippen LogP) is 2.14. The van der Waals surface area contributed by atoms with E-state index in [1.807, 2.05) is 13.8 Å². The summed E-state index contributed by atoms with van der Waals surface area (Å²) in [6.45, 7) is 5.61. The molecule has 2 nitrogen and oxygen atoms in total. The second-order valence-corrected chi connectivity index (χ2v) is 3.23. The fraction of sp³-hybridized carbons (Fsp3) is 0.600. The molecule has 0 saturated carbocycles. The molecule has 0 saturated heterocycles. The Labute approximate surface area is 73.7 Å². The molecule has 0 aliphatic rings. The highest BCUT2D eigenvalue weighted by atomic mass is 16.1. The van der Waals surface area contributed by atoms with Crippen molar-refractivity contribution in [3.8, 4) is 0 Å². The van der Waals surface area contributed by atoms with Crippen molar-refractivity contribution in [2.24, 2.45) is 5.92 Å². The Morgan fingerprint density at radius 2 is 1.92 bits per heavy atom. The van der Waals surface area contributed by atoms with Crippen LogP contribution < -0.4 is 0 Å². The van der Waals surface area contributed by atoms with E-state index >= 15 is 0 Å². The maximum atomic E-state index is 10.7. The molecule has 0 bridgehead atoms. The van der Waals surface area contributed by atoms with Crippen LogP contribution in [0.2, 0.25) is 0 Å². The van der Waals surface area contributed by atoms with E-state index in [9.17, 15) is 9.59 Å². The van der Waals surface area contributed by atoms with Gasteiger partial charge in [0, 0.05) is 6.42 Å². The summed E-state index contributed by atoms with van der Waals surface area (Å²) in [4.78, 5) is 20.9. The van der Waals surface area contributed by atoms with Crippen LogP contribution in [-0.4, -0.2) is 12.1 Å². The minimum Gasteiger partial charge on any atom is -0.300 e. The van der Waals surface area contributed by atoms with Gasteiger partial charge < -0.3 is 4.79 Å². The maximum Gasteiger partial charge on any atom is 0.142 e. The van der Waals surface area contributed by atoms with Gasteiger partial charge in [0.1, 0.15) is 12.1 Å². The summed E-state index contributed by atoms with van der Waals surface area (Å²) in [5.41, 5.74) is 1.06.